The Labute approximate surface area is 97.6 Å². The van der Waals surface area contributed by atoms with Gasteiger partial charge in [0.2, 0.25) is 5.88 Å². The number of aromatic nitrogens is 2. The summed E-state index contributed by atoms with van der Waals surface area (Å²) in [5.41, 5.74) is 2.37. The molecule has 0 bridgehead atoms. The minimum absolute atomic E-state index is 0.515. The van der Waals surface area contributed by atoms with Crippen molar-refractivity contribution >= 4 is 11.3 Å². The molecule has 0 aliphatic heterocycles. The van der Waals surface area contributed by atoms with Gasteiger partial charge < -0.3 is 9.84 Å². The van der Waals surface area contributed by atoms with E-state index in [0.717, 1.165) is 4.88 Å². The van der Waals surface area contributed by atoms with Crippen LogP contribution in [0.5, 0.6) is 5.88 Å². The van der Waals surface area contributed by atoms with Crippen molar-refractivity contribution in [3.8, 4) is 5.88 Å². The average Bonchev–Trinajstić information content (AvgIpc) is 2.82. The van der Waals surface area contributed by atoms with E-state index < -0.39 is 6.10 Å². The second-order valence-electron chi connectivity index (χ2n) is 3.29. The third kappa shape index (κ3) is 2.56. The Morgan fingerprint density at radius 2 is 2.38 bits per heavy atom. The largest absolute Gasteiger partial charge is 0.481 e. The number of aliphatic hydroxyl groups is 1. The van der Waals surface area contributed by atoms with Gasteiger partial charge in [0.1, 0.15) is 6.10 Å². The summed E-state index contributed by atoms with van der Waals surface area (Å²) >= 11 is 1.53. The van der Waals surface area contributed by atoms with Gasteiger partial charge in [0, 0.05) is 23.6 Å². The lowest BCUT2D eigenvalue weighted by molar-refractivity contribution is 0.173. The second kappa shape index (κ2) is 5.05. The third-order valence-electron chi connectivity index (χ3n) is 2.17. The molecule has 0 saturated heterocycles. The van der Waals surface area contributed by atoms with Crippen LogP contribution in [-0.2, 0) is 6.42 Å². The number of nitrogens with zero attached hydrogens (tertiary/aromatic N) is 2. The van der Waals surface area contributed by atoms with E-state index in [9.17, 15) is 5.11 Å². The van der Waals surface area contributed by atoms with Gasteiger partial charge in [-0.25, -0.2) is 4.98 Å². The van der Waals surface area contributed by atoms with Crippen LogP contribution in [0.15, 0.2) is 29.9 Å². The molecule has 0 aliphatic carbocycles. The maximum atomic E-state index is 9.97. The van der Waals surface area contributed by atoms with E-state index in [1.54, 1.807) is 30.9 Å². The molecule has 2 aromatic rings. The fraction of sp³-hybridized carbons (Fsp3) is 0.273. The number of pyridine rings is 1. The molecule has 5 heteroatoms. The minimum Gasteiger partial charge on any atom is -0.481 e. The van der Waals surface area contributed by atoms with Gasteiger partial charge >= 0.3 is 0 Å². The molecule has 16 heavy (non-hydrogen) atoms. The zero-order valence-corrected chi connectivity index (χ0v) is 9.65. The number of hydrogen-bond acceptors (Lipinski definition) is 5. The highest BCUT2D eigenvalue weighted by molar-refractivity contribution is 7.09. The highest BCUT2D eigenvalue weighted by Gasteiger charge is 2.11. The maximum absolute atomic E-state index is 9.97. The van der Waals surface area contributed by atoms with Crippen LogP contribution < -0.4 is 4.74 Å². The summed E-state index contributed by atoms with van der Waals surface area (Å²) in [6.45, 7) is 0. The Balaban J connectivity index is 2.11. The van der Waals surface area contributed by atoms with E-state index in [-0.39, 0.29) is 0 Å². The van der Waals surface area contributed by atoms with Crippen molar-refractivity contribution in [3.05, 3.63) is 40.5 Å². The predicted molar refractivity (Wildman–Crippen MR) is 61.6 cm³/mol. The molecule has 4 nitrogen and oxygen atoms in total. The lowest BCUT2D eigenvalue weighted by Crippen LogP contribution is -2.03. The monoisotopic (exact) mass is 236 g/mol. The maximum Gasteiger partial charge on any atom is 0.213 e. The summed E-state index contributed by atoms with van der Waals surface area (Å²) in [4.78, 5) is 9.19. The normalized spacial score (nSPS) is 12.4. The summed E-state index contributed by atoms with van der Waals surface area (Å²) in [6.07, 6.45) is 1.68. The van der Waals surface area contributed by atoms with Crippen molar-refractivity contribution in [3.63, 3.8) is 0 Å². The van der Waals surface area contributed by atoms with Gasteiger partial charge in [-0.3, -0.25) is 4.98 Å². The summed E-state index contributed by atoms with van der Waals surface area (Å²) in [5, 5.41) is 9.97. The van der Waals surface area contributed by atoms with Crippen molar-refractivity contribution in [2.24, 2.45) is 0 Å². The van der Waals surface area contributed by atoms with Crippen LogP contribution in [0.25, 0.3) is 0 Å². The second-order valence-corrected chi connectivity index (χ2v) is 4.26. The van der Waals surface area contributed by atoms with Crippen molar-refractivity contribution in [1.82, 2.24) is 9.97 Å². The number of rotatable bonds is 4. The SMILES string of the molecule is COc1cccc(C(O)Cc2cncs2)n1. The van der Waals surface area contributed by atoms with Crippen molar-refractivity contribution < 1.29 is 9.84 Å². The van der Waals surface area contributed by atoms with E-state index in [1.165, 1.54) is 11.3 Å². The lowest BCUT2D eigenvalue weighted by Gasteiger charge is -2.09. The van der Waals surface area contributed by atoms with Gasteiger partial charge in [-0.2, -0.15) is 0 Å². The molecular formula is C11H12N2O2S. The molecule has 2 aromatic heterocycles. The molecular weight excluding hydrogens is 224 g/mol. The molecule has 0 saturated carbocycles. The predicted octanol–water partition coefficient (Wildman–Crippen LogP) is 1.82. The Kier molecular flexibility index (Phi) is 3.48. The number of thiazole rings is 1. The Hall–Kier alpha value is -1.46. The smallest absolute Gasteiger partial charge is 0.213 e. The van der Waals surface area contributed by atoms with E-state index in [2.05, 4.69) is 9.97 Å². The average molecular weight is 236 g/mol. The van der Waals surface area contributed by atoms with Crippen LogP contribution in [-0.4, -0.2) is 22.2 Å². The highest BCUT2D eigenvalue weighted by atomic mass is 32.1. The number of methoxy groups -OCH3 is 1. The van der Waals surface area contributed by atoms with Crippen LogP contribution in [0, 0.1) is 0 Å². The minimum atomic E-state index is -0.615. The molecule has 0 aromatic carbocycles. The Morgan fingerprint density at radius 1 is 1.50 bits per heavy atom. The lowest BCUT2D eigenvalue weighted by atomic mass is 10.1. The van der Waals surface area contributed by atoms with Crippen LogP contribution in [0.2, 0.25) is 0 Å². The number of aliphatic hydroxyl groups excluding tert-OH is 1. The molecule has 0 amide bonds. The molecule has 1 N–H and O–H groups in total. The van der Waals surface area contributed by atoms with Crippen LogP contribution in [0.1, 0.15) is 16.7 Å². The van der Waals surface area contributed by atoms with E-state index in [0.29, 0.717) is 18.0 Å². The fourth-order valence-electron chi connectivity index (χ4n) is 1.37. The van der Waals surface area contributed by atoms with Crippen molar-refractivity contribution in [2.75, 3.05) is 7.11 Å². The summed E-state index contributed by atoms with van der Waals surface area (Å²) in [7, 11) is 1.56. The first kappa shape index (κ1) is 11.0. The fourth-order valence-corrected chi connectivity index (χ4v) is 2.00. The standard InChI is InChI=1S/C11H12N2O2S/c1-15-11-4-2-3-9(13-11)10(14)5-8-6-12-7-16-8/h2-4,6-7,10,14H,5H2,1H3. The summed E-state index contributed by atoms with van der Waals surface area (Å²) < 4.78 is 5.01. The van der Waals surface area contributed by atoms with Gasteiger partial charge in [0.15, 0.2) is 0 Å². The van der Waals surface area contributed by atoms with Crippen molar-refractivity contribution in [2.45, 2.75) is 12.5 Å². The van der Waals surface area contributed by atoms with Gasteiger partial charge in [-0.05, 0) is 6.07 Å². The quantitative estimate of drug-likeness (QED) is 0.879. The first-order valence-electron chi connectivity index (χ1n) is 4.86. The Morgan fingerprint density at radius 3 is 3.06 bits per heavy atom. The third-order valence-corrected chi connectivity index (χ3v) is 2.98. The number of ether oxygens (including phenoxy) is 1. The first-order chi connectivity index (χ1) is 7.79. The molecule has 0 spiro atoms. The molecule has 84 valence electrons. The molecule has 1 unspecified atom stereocenters. The van der Waals surface area contributed by atoms with Crippen molar-refractivity contribution in [1.29, 1.82) is 0 Å². The highest BCUT2D eigenvalue weighted by Crippen LogP contribution is 2.20. The molecule has 1 atom stereocenters. The number of hydrogen-bond donors (Lipinski definition) is 1. The van der Waals surface area contributed by atoms with Gasteiger partial charge in [-0.1, -0.05) is 6.07 Å². The van der Waals surface area contributed by atoms with Gasteiger partial charge in [0.05, 0.1) is 18.3 Å². The van der Waals surface area contributed by atoms with Crippen LogP contribution >= 0.6 is 11.3 Å². The molecule has 2 rings (SSSR count). The summed E-state index contributed by atoms with van der Waals surface area (Å²) in [6, 6.07) is 5.36. The Bertz CT molecular complexity index is 445. The molecule has 0 aliphatic rings. The van der Waals surface area contributed by atoms with Gasteiger partial charge in [-0.15, -0.1) is 11.3 Å². The zero-order valence-electron chi connectivity index (χ0n) is 8.83. The molecule has 0 radical (unpaired) electrons. The van der Waals surface area contributed by atoms with Gasteiger partial charge in [0.25, 0.3) is 0 Å². The first-order valence-corrected chi connectivity index (χ1v) is 5.74. The van der Waals surface area contributed by atoms with E-state index >= 15 is 0 Å². The molecule has 0 fully saturated rings. The van der Waals surface area contributed by atoms with E-state index in [1.807, 2.05) is 6.07 Å². The molecule has 2 heterocycles. The topological polar surface area (TPSA) is 55.2 Å². The van der Waals surface area contributed by atoms with E-state index in [4.69, 9.17) is 4.74 Å². The van der Waals surface area contributed by atoms with Crippen LogP contribution in [0.4, 0.5) is 0 Å². The summed E-state index contributed by atoms with van der Waals surface area (Å²) in [5.74, 6) is 0.515. The zero-order chi connectivity index (χ0) is 11.4. The van der Waals surface area contributed by atoms with Crippen LogP contribution in [0.3, 0.4) is 0 Å².